The normalized spacial score (nSPS) is 36.8. The largest absolute Gasteiger partial charge is 0.467 e. The predicted molar refractivity (Wildman–Crippen MR) is 70.9 cm³/mol. The molecule has 3 aliphatic heterocycles. The SMILES string of the molecule is CN1CCC23NC(=O)CC(c4ccccc4O2)C3C1. The van der Waals surface area contributed by atoms with E-state index in [9.17, 15) is 4.79 Å². The second-order valence-electron chi connectivity index (χ2n) is 6.01. The van der Waals surface area contributed by atoms with Crippen molar-refractivity contribution in [2.24, 2.45) is 5.92 Å². The minimum atomic E-state index is -0.471. The van der Waals surface area contributed by atoms with Crippen LogP contribution in [0.2, 0.25) is 0 Å². The summed E-state index contributed by atoms with van der Waals surface area (Å²) in [5.74, 6) is 1.73. The third-order valence-electron chi connectivity index (χ3n) is 4.82. The van der Waals surface area contributed by atoms with E-state index < -0.39 is 5.72 Å². The Morgan fingerprint density at radius 1 is 1.42 bits per heavy atom. The highest BCUT2D eigenvalue weighted by Crippen LogP contribution is 2.50. The average Bonchev–Trinajstić information content (AvgIpc) is 2.38. The van der Waals surface area contributed by atoms with E-state index in [2.05, 4.69) is 23.3 Å². The number of hydrogen-bond donors (Lipinski definition) is 1. The maximum Gasteiger partial charge on any atom is 0.223 e. The Kier molecular flexibility index (Phi) is 2.22. The molecular formula is C15H18N2O2. The molecule has 0 spiro atoms. The average molecular weight is 258 g/mol. The van der Waals surface area contributed by atoms with Crippen LogP contribution in [0, 0.1) is 5.92 Å². The zero-order valence-electron chi connectivity index (χ0n) is 11.1. The predicted octanol–water partition coefficient (Wildman–Crippen LogP) is 1.33. The Morgan fingerprint density at radius 3 is 3.16 bits per heavy atom. The van der Waals surface area contributed by atoms with Gasteiger partial charge in [-0.05, 0) is 18.7 Å². The first kappa shape index (κ1) is 11.3. The third-order valence-corrected chi connectivity index (χ3v) is 4.82. The highest BCUT2D eigenvalue weighted by molar-refractivity contribution is 5.80. The Hall–Kier alpha value is -1.55. The first-order valence-electron chi connectivity index (χ1n) is 6.95. The number of rotatable bonds is 0. The summed E-state index contributed by atoms with van der Waals surface area (Å²) < 4.78 is 6.25. The van der Waals surface area contributed by atoms with Crippen molar-refractivity contribution in [2.45, 2.75) is 24.5 Å². The van der Waals surface area contributed by atoms with Gasteiger partial charge >= 0.3 is 0 Å². The molecule has 2 saturated heterocycles. The van der Waals surface area contributed by atoms with Crippen LogP contribution in [0.3, 0.4) is 0 Å². The Balaban J connectivity index is 1.85. The molecule has 2 fully saturated rings. The second kappa shape index (κ2) is 3.73. The van der Waals surface area contributed by atoms with Crippen molar-refractivity contribution in [1.82, 2.24) is 10.2 Å². The quantitative estimate of drug-likeness (QED) is 0.763. The van der Waals surface area contributed by atoms with Crippen LogP contribution >= 0.6 is 0 Å². The van der Waals surface area contributed by atoms with Crippen molar-refractivity contribution in [2.75, 3.05) is 20.1 Å². The zero-order valence-corrected chi connectivity index (χ0v) is 11.1. The van der Waals surface area contributed by atoms with Gasteiger partial charge in [0.1, 0.15) is 5.75 Å². The molecule has 0 radical (unpaired) electrons. The van der Waals surface area contributed by atoms with Gasteiger partial charge in [-0.15, -0.1) is 0 Å². The number of piperidine rings is 2. The summed E-state index contributed by atoms with van der Waals surface area (Å²) in [6.45, 7) is 1.95. The number of nitrogens with zero attached hydrogens (tertiary/aromatic N) is 1. The molecule has 100 valence electrons. The molecule has 19 heavy (non-hydrogen) atoms. The van der Waals surface area contributed by atoms with Crippen molar-refractivity contribution >= 4 is 5.91 Å². The number of likely N-dealkylation sites (tertiary alicyclic amines) is 1. The van der Waals surface area contributed by atoms with Gasteiger partial charge in [0.2, 0.25) is 5.91 Å². The van der Waals surface area contributed by atoms with E-state index in [-0.39, 0.29) is 5.91 Å². The summed E-state index contributed by atoms with van der Waals surface area (Å²) >= 11 is 0. The van der Waals surface area contributed by atoms with Gasteiger partial charge in [0, 0.05) is 37.8 Å². The first-order valence-corrected chi connectivity index (χ1v) is 6.95. The van der Waals surface area contributed by atoms with Crippen molar-refractivity contribution < 1.29 is 9.53 Å². The summed E-state index contributed by atoms with van der Waals surface area (Å²) in [5, 5.41) is 3.14. The number of para-hydroxylation sites is 1. The molecule has 1 amide bonds. The summed E-state index contributed by atoms with van der Waals surface area (Å²) in [5.41, 5.74) is 0.731. The highest BCUT2D eigenvalue weighted by Gasteiger charge is 2.56. The maximum atomic E-state index is 12.0. The van der Waals surface area contributed by atoms with Crippen LogP contribution in [-0.2, 0) is 4.79 Å². The number of nitrogens with one attached hydrogen (secondary N) is 1. The van der Waals surface area contributed by atoms with Crippen molar-refractivity contribution in [3.05, 3.63) is 29.8 Å². The van der Waals surface area contributed by atoms with Gasteiger partial charge in [-0.3, -0.25) is 4.79 Å². The molecule has 0 aliphatic carbocycles. The molecule has 3 aliphatic rings. The van der Waals surface area contributed by atoms with Gasteiger partial charge in [-0.2, -0.15) is 0 Å². The number of fused-ring (bicyclic) bond motifs is 2. The van der Waals surface area contributed by atoms with Gasteiger partial charge in [0.15, 0.2) is 5.72 Å². The minimum Gasteiger partial charge on any atom is -0.467 e. The fourth-order valence-electron chi connectivity index (χ4n) is 3.91. The van der Waals surface area contributed by atoms with Crippen molar-refractivity contribution in [1.29, 1.82) is 0 Å². The van der Waals surface area contributed by atoms with Crippen LogP contribution in [0.25, 0.3) is 0 Å². The fourth-order valence-corrected chi connectivity index (χ4v) is 3.91. The monoisotopic (exact) mass is 258 g/mol. The molecular weight excluding hydrogens is 240 g/mol. The van der Waals surface area contributed by atoms with Gasteiger partial charge in [0.05, 0.1) is 0 Å². The molecule has 0 saturated carbocycles. The topological polar surface area (TPSA) is 41.6 Å². The van der Waals surface area contributed by atoms with Crippen LogP contribution in [0.4, 0.5) is 0 Å². The van der Waals surface area contributed by atoms with Gasteiger partial charge in [0.25, 0.3) is 0 Å². The van der Waals surface area contributed by atoms with Crippen LogP contribution in [0.5, 0.6) is 5.75 Å². The first-order chi connectivity index (χ1) is 9.18. The molecule has 4 heteroatoms. The van der Waals surface area contributed by atoms with E-state index in [1.165, 1.54) is 5.56 Å². The molecule has 1 N–H and O–H groups in total. The Labute approximate surface area is 112 Å². The molecule has 4 rings (SSSR count). The number of amides is 1. The standard InChI is InChI=1S/C15H18N2O2/c1-17-7-6-15-12(9-17)11(8-14(18)16-15)10-4-2-3-5-13(10)19-15/h2-5,11-12H,6-9H2,1H3,(H,16,18). The lowest BCUT2D eigenvalue weighted by molar-refractivity contribution is -0.152. The minimum absolute atomic E-state index is 0.125. The number of hydrogen-bond acceptors (Lipinski definition) is 3. The number of carbonyl (C=O) groups excluding carboxylic acids is 1. The highest BCUT2D eigenvalue weighted by atomic mass is 16.5. The van der Waals surface area contributed by atoms with Gasteiger partial charge in [-0.25, -0.2) is 0 Å². The van der Waals surface area contributed by atoms with Gasteiger partial charge in [-0.1, -0.05) is 18.2 Å². The second-order valence-corrected chi connectivity index (χ2v) is 6.01. The lowest BCUT2D eigenvalue weighted by Crippen LogP contribution is -2.69. The van der Waals surface area contributed by atoms with Crippen molar-refractivity contribution in [3.8, 4) is 5.75 Å². The van der Waals surface area contributed by atoms with E-state index in [0.29, 0.717) is 18.3 Å². The van der Waals surface area contributed by atoms with Crippen LogP contribution in [0.1, 0.15) is 24.3 Å². The van der Waals surface area contributed by atoms with Crippen molar-refractivity contribution in [3.63, 3.8) is 0 Å². The lowest BCUT2D eigenvalue weighted by atomic mass is 9.69. The Bertz CT molecular complexity index is 545. The summed E-state index contributed by atoms with van der Waals surface area (Å²) in [4.78, 5) is 14.4. The summed E-state index contributed by atoms with van der Waals surface area (Å²) in [7, 11) is 2.14. The molecule has 3 heterocycles. The van der Waals surface area contributed by atoms with Crippen LogP contribution < -0.4 is 10.1 Å². The third kappa shape index (κ3) is 1.53. The smallest absolute Gasteiger partial charge is 0.223 e. The number of ether oxygens (including phenoxy) is 1. The van der Waals surface area contributed by atoms with E-state index in [4.69, 9.17) is 4.74 Å². The lowest BCUT2D eigenvalue weighted by Gasteiger charge is -2.55. The molecule has 1 aromatic carbocycles. The fraction of sp³-hybridized carbons (Fsp3) is 0.533. The van der Waals surface area contributed by atoms with E-state index in [1.54, 1.807) is 0 Å². The number of benzene rings is 1. The van der Waals surface area contributed by atoms with E-state index in [0.717, 1.165) is 25.3 Å². The maximum absolute atomic E-state index is 12.0. The van der Waals surface area contributed by atoms with E-state index >= 15 is 0 Å². The van der Waals surface area contributed by atoms with Crippen LogP contribution in [0.15, 0.2) is 24.3 Å². The zero-order chi connectivity index (χ0) is 13.0. The van der Waals surface area contributed by atoms with E-state index in [1.807, 2.05) is 18.2 Å². The molecule has 3 atom stereocenters. The molecule has 0 aromatic heterocycles. The molecule has 4 nitrogen and oxygen atoms in total. The van der Waals surface area contributed by atoms with Gasteiger partial charge < -0.3 is 15.0 Å². The number of carbonyl (C=O) groups is 1. The molecule has 2 bridgehead atoms. The van der Waals surface area contributed by atoms with Crippen LogP contribution in [-0.4, -0.2) is 36.7 Å². The summed E-state index contributed by atoms with van der Waals surface area (Å²) in [6.07, 6.45) is 1.45. The molecule has 1 aromatic rings. The molecule has 3 unspecified atom stereocenters. The summed E-state index contributed by atoms with van der Waals surface area (Å²) in [6, 6.07) is 8.17. The Morgan fingerprint density at radius 2 is 2.26 bits per heavy atom.